The standard InChI is InChI=1S/C11H17N3O5/c1-8(16)19-10(4-15)3-14-2-9(12-13-14)5-17-6-11-7-18-11/h2,10-11,15H,3-7H2,1H3/t10-,11-/m1/s1. The maximum absolute atomic E-state index is 10.8. The van der Waals surface area contributed by atoms with Gasteiger partial charge in [0.25, 0.3) is 0 Å². The van der Waals surface area contributed by atoms with Gasteiger partial charge in [0.15, 0.2) is 0 Å². The molecule has 1 aliphatic heterocycles. The van der Waals surface area contributed by atoms with Crippen LogP contribution < -0.4 is 0 Å². The van der Waals surface area contributed by atoms with Gasteiger partial charge in [-0.25, -0.2) is 4.68 Å². The zero-order chi connectivity index (χ0) is 13.7. The molecule has 106 valence electrons. The molecule has 0 unspecified atom stereocenters. The number of epoxide rings is 1. The maximum Gasteiger partial charge on any atom is 0.303 e. The predicted molar refractivity (Wildman–Crippen MR) is 62.1 cm³/mol. The third-order valence-electron chi connectivity index (χ3n) is 2.47. The molecule has 8 heteroatoms. The minimum Gasteiger partial charge on any atom is -0.458 e. The van der Waals surface area contributed by atoms with Gasteiger partial charge in [-0.15, -0.1) is 5.10 Å². The summed E-state index contributed by atoms with van der Waals surface area (Å²) in [5, 5.41) is 16.9. The Labute approximate surface area is 110 Å². The number of rotatable bonds is 8. The highest BCUT2D eigenvalue weighted by Crippen LogP contribution is 2.09. The molecule has 0 aromatic carbocycles. The molecule has 0 radical (unpaired) electrons. The van der Waals surface area contributed by atoms with E-state index in [1.54, 1.807) is 6.20 Å². The summed E-state index contributed by atoms with van der Waals surface area (Å²) in [7, 11) is 0. The van der Waals surface area contributed by atoms with E-state index in [1.807, 2.05) is 0 Å². The number of hydrogen-bond acceptors (Lipinski definition) is 7. The summed E-state index contributed by atoms with van der Waals surface area (Å²) in [6, 6.07) is 0. The van der Waals surface area contributed by atoms with E-state index >= 15 is 0 Å². The lowest BCUT2D eigenvalue weighted by Crippen LogP contribution is -2.26. The van der Waals surface area contributed by atoms with E-state index in [0.717, 1.165) is 6.61 Å². The van der Waals surface area contributed by atoms with Crippen molar-refractivity contribution in [2.24, 2.45) is 0 Å². The normalized spacial score (nSPS) is 19.2. The van der Waals surface area contributed by atoms with Crippen molar-refractivity contribution in [1.82, 2.24) is 15.0 Å². The Bertz CT molecular complexity index is 418. The Kier molecular flexibility index (Phi) is 4.83. The fraction of sp³-hybridized carbons (Fsp3) is 0.727. The van der Waals surface area contributed by atoms with Gasteiger partial charge in [0.1, 0.15) is 17.9 Å². The van der Waals surface area contributed by atoms with Gasteiger partial charge in [0.2, 0.25) is 0 Å². The van der Waals surface area contributed by atoms with Gasteiger partial charge in [0, 0.05) is 6.92 Å². The Morgan fingerprint density at radius 3 is 3.16 bits per heavy atom. The zero-order valence-corrected chi connectivity index (χ0v) is 10.7. The monoisotopic (exact) mass is 271 g/mol. The van der Waals surface area contributed by atoms with Crippen molar-refractivity contribution >= 4 is 5.97 Å². The van der Waals surface area contributed by atoms with Crippen molar-refractivity contribution in [3.05, 3.63) is 11.9 Å². The van der Waals surface area contributed by atoms with Crippen LogP contribution >= 0.6 is 0 Å². The first-order valence-electron chi connectivity index (χ1n) is 6.04. The average Bonchev–Trinajstić information content (AvgIpc) is 3.08. The molecule has 0 bridgehead atoms. The highest BCUT2D eigenvalue weighted by molar-refractivity contribution is 5.66. The molecular formula is C11H17N3O5. The smallest absolute Gasteiger partial charge is 0.303 e. The summed E-state index contributed by atoms with van der Waals surface area (Å²) in [6.45, 7) is 2.96. The molecule has 8 nitrogen and oxygen atoms in total. The van der Waals surface area contributed by atoms with Crippen LogP contribution in [-0.2, 0) is 32.2 Å². The summed E-state index contributed by atoms with van der Waals surface area (Å²) >= 11 is 0. The first-order valence-corrected chi connectivity index (χ1v) is 6.04. The van der Waals surface area contributed by atoms with Gasteiger partial charge in [-0.3, -0.25) is 4.79 Å². The fourth-order valence-corrected chi connectivity index (χ4v) is 1.53. The SMILES string of the molecule is CC(=O)O[C@@H](CO)Cn1cc(COC[C@@H]2CO2)nn1. The number of aliphatic hydroxyl groups is 1. The number of hydrogen-bond donors (Lipinski definition) is 1. The van der Waals surface area contributed by atoms with Gasteiger partial charge in [-0.2, -0.15) is 0 Å². The Morgan fingerprint density at radius 1 is 1.74 bits per heavy atom. The van der Waals surface area contributed by atoms with Gasteiger partial charge in [-0.1, -0.05) is 5.21 Å². The average molecular weight is 271 g/mol. The third-order valence-corrected chi connectivity index (χ3v) is 2.47. The largest absolute Gasteiger partial charge is 0.458 e. The van der Waals surface area contributed by atoms with Crippen molar-refractivity contribution in [3.8, 4) is 0 Å². The molecule has 1 aromatic heterocycles. The molecule has 1 saturated heterocycles. The van der Waals surface area contributed by atoms with E-state index in [9.17, 15) is 4.79 Å². The lowest BCUT2D eigenvalue weighted by atomic mass is 10.3. The Balaban J connectivity index is 1.76. The van der Waals surface area contributed by atoms with Crippen molar-refractivity contribution in [2.75, 3.05) is 19.8 Å². The van der Waals surface area contributed by atoms with Crippen LogP contribution in [0.5, 0.6) is 0 Å². The second-order valence-corrected chi connectivity index (χ2v) is 4.32. The second kappa shape index (κ2) is 6.60. The van der Waals surface area contributed by atoms with Crippen molar-refractivity contribution < 1.29 is 24.1 Å². The molecule has 1 aliphatic rings. The number of ether oxygens (including phenoxy) is 3. The lowest BCUT2D eigenvalue weighted by molar-refractivity contribution is -0.149. The van der Waals surface area contributed by atoms with Crippen LogP contribution in [0, 0.1) is 0 Å². The molecule has 19 heavy (non-hydrogen) atoms. The van der Waals surface area contributed by atoms with Crippen LogP contribution in [0.3, 0.4) is 0 Å². The number of esters is 1. The number of nitrogens with zero attached hydrogens (tertiary/aromatic N) is 3. The zero-order valence-electron chi connectivity index (χ0n) is 10.7. The molecule has 2 heterocycles. The van der Waals surface area contributed by atoms with E-state index in [-0.39, 0.29) is 19.3 Å². The highest BCUT2D eigenvalue weighted by atomic mass is 16.6. The predicted octanol–water partition coefficient (Wildman–Crippen LogP) is -0.882. The lowest BCUT2D eigenvalue weighted by Gasteiger charge is -2.13. The number of carbonyl (C=O) groups is 1. The van der Waals surface area contributed by atoms with E-state index < -0.39 is 12.1 Å². The van der Waals surface area contributed by atoms with Crippen LogP contribution in [-0.4, -0.2) is 58.1 Å². The number of aliphatic hydroxyl groups excluding tert-OH is 1. The molecule has 2 atom stereocenters. The molecule has 0 aliphatic carbocycles. The number of carbonyl (C=O) groups excluding carboxylic acids is 1. The van der Waals surface area contributed by atoms with E-state index in [2.05, 4.69) is 10.3 Å². The third kappa shape index (κ3) is 4.93. The topological polar surface area (TPSA) is 99.0 Å². The molecule has 0 saturated carbocycles. The molecule has 0 amide bonds. The summed E-state index contributed by atoms with van der Waals surface area (Å²) in [4.78, 5) is 10.8. The van der Waals surface area contributed by atoms with Crippen molar-refractivity contribution in [3.63, 3.8) is 0 Å². The van der Waals surface area contributed by atoms with Gasteiger partial charge in [-0.05, 0) is 0 Å². The molecule has 2 rings (SSSR count). The van der Waals surface area contributed by atoms with Crippen LogP contribution in [0.15, 0.2) is 6.20 Å². The second-order valence-electron chi connectivity index (χ2n) is 4.32. The van der Waals surface area contributed by atoms with Crippen molar-refractivity contribution in [2.45, 2.75) is 32.3 Å². The van der Waals surface area contributed by atoms with E-state index in [1.165, 1.54) is 11.6 Å². The van der Waals surface area contributed by atoms with Crippen LogP contribution in [0.25, 0.3) is 0 Å². The summed E-state index contributed by atoms with van der Waals surface area (Å²) in [5.41, 5.74) is 0.681. The van der Waals surface area contributed by atoms with Gasteiger partial charge >= 0.3 is 5.97 Å². The molecule has 1 fully saturated rings. The quantitative estimate of drug-likeness (QED) is 0.484. The van der Waals surface area contributed by atoms with Gasteiger partial charge in [0.05, 0.1) is 39.2 Å². The van der Waals surface area contributed by atoms with Gasteiger partial charge < -0.3 is 19.3 Å². The molecule has 1 aromatic rings. The van der Waals surface area contributed by atoms with E-state index in [4.69, 9.17) is 19.3 Å². The maximum atomic E-state index is 10.8. The first-order chi connectivity index (χ1) is 9.17. The number of aromatic nitrogens is 3. The van der Waals surface area contributed by atoms with Crippen LogP contribution in [0.1, 0.15) is 12.6 Å². The summed E-state index contributed by atoms with van der Waals surface area (Å²) < 4.78 is 16.8. The molecular weight excluding hydrogens is 254 g/mol. The van der Waals surface area contributed by atoms with Crippen molar-refractivity contribution in [1.29, 1.82) is 0 Å². The summed E-state index contributed by atoms with van der Waals surface area (Å²) in [5.74, 6) is -0.438. The summed E-state index contributed by atoms with van der Waals surface area (Å²) in [6.07, 6.45) is 1.30. The Hall–Kier alpha value is -1.51. The van der Waals surface area contributed by atoms with E-state index in [0.29, 0.717) is 18.9 Å². The minimum atomic E-state index is -0.618. The minimum absolute atomic E-state index is 0.220. The van der Waals surface area contributed by atoms with Crippen LogP contribution in [0.2, 0.25) is 0 Å². The molecule has 0 spiro atoms. The molecule has 1 N–H and O–H groups in total. The van der Waals surface area contributed by atoms with Crippen LogP contribution in [0.4, 0.5) is 0 Å². The highest BCUT2D eigenvalue weighted by Gasteiger charge is 2.22. The first kappa shape index (κ1) is 13.9. The Morgan fingerprint density at radius 2 is 2.53 bits per heavy atom. The fourth-order valence-electron chi connectivity index (χ4n) is 1.53.